The van der Waals surface area contributed by atoms with Gasteiger partial charge in [0.1, 0.15) is 18.8 Å². The Morgan fingerprint density at radius 2 is 1.67 bits per heavy atom. The highest BCUT2D eigenvalue weighted by atomic mass is 32.1. The molecule has 1 aliphatic rings. The lowest BCUT2D eigenvalue weighted by atomic mass is 9.84. The van der Waals surface area contributed by atoms with Gasteiger partial charge in [0.05, 0.1) is 23.2 Å². The fourth-order valence-corrected chi connectivity index (χ4v) is 6.55. The van der Waals surface area contributed by atoms with Crippen molar-refractivity contribution in [3.8, 4) is 6.08 Å². The van der Waals surface area contributed by atoms with Gasteiger partial charge in [-0.2, -0.15) is 0 Å². The van der Waals surface area contributed by atoms with Crippen molar-refractivity contribution in [1.82, 2.24) is 25.8 Å². The Balaban J connectivity index is 1.07. The number of carbonyl (C=O) groups excluding carboxylic acids is 1. The molecule has 1 unspecified atom stereocenters. The number of morpholine rings is 1. The van der Waals surface area contributed by atoms with E-state index < -0.39 is 24.0 Å². The lowest BCUT2D eigenvalue weighted by Gasteiger charge is -2.30. The second kappa shape index (κ2) is 16.3. The van der Waals surface area contributed by atoms with Crippen LogP contribution in [0.1, 0.15) is 45.6 Å². The van der Waals surface area contributed by atoms with Crippen LogP contribution in [0.25, 0.3) is 0 Å². The van der Waals surface area contributed by atoms with E-state index >= 15 is 0 Å². The summed E-state index contributed by atoms with van der Waals surface area (Å²) in [7, 11) is 0. The van der Waals surface area contributed by atoms with Gasteiger partial charge in [0.15, 0.2) is 0 Å². The fourth-order valence-electron chi connectivity index (χ4n) is 5.94. The molecule has 12 nitrogen and oxygen atoms in total. The Labute approximate surface area is 287 Å². The van der Waals surface area contributed by atoms with Crippen molar-refractivity contribution in [1.29, 1.82) is 0 Å². The van der Waals surface area contributed by atoms with Crippen molar-refractivity contribution < 1.29 is 28.6 Å². The summed E-state index contributed by atoms with van der Waals surface area (Å²) < 4.78 is 17.7. The number of anilines is 1. The molecule has 49 heavy (non-hydrogen) atoms. The summed E-state index contributed by atoms with van der Waals surface area (Å²) in [4.78, 5) is 30.3. The summed E-state index contributed by atoms with van der Waals surface area (Å²) >= 11 is 1.57. The van der Waals surface area contributed by atoms with Crippen molar-refractivity contribution >= 4 is 29.0 Å². The zero-order valence-electron chi connectivity index (χ0n) is 27.0. The van der Waals surface area contributed by atoms with Crippen LogP contribution in [0, 0.1) is 6.92 Å². The van der Waals surface area contributed by atoms with E-state index in [2.05, 4.69) is 31.1 Å². The van der Waals surface area contributed by atoms with E-state index in [1.165, 1.54) is 0 Å². The molecule has 3 atom stereocenters. The second-order valence-corrected chi connectivity index (χ2v) is 12.8. The number of ether oxygens (including phenoxy) is 2. The molecule has 0 spiro atoms. The Morgan fingerprint density at radius 3 is 2.37 bits per heavy atom. The Kier molecular flexibility index (Phi) is 11.3. The molecule has 1 saturated heterocycles. The van der Waals surface area contributed by atoms with Crippen molar-refractivity contribution in [2.24, 2.45) is 0 Å². The fraction of sp³-hybridized carbons (Fsp3) is 0.306. The first-order valence-electron chi connectivity index (χ1n) is 16.1. The van der Waals surface area contributed by atoms with E-state index in [-0.39, 0.29) is 24.9 Å². The molecule has 2 amide bonds. The van der Waals surface area contributed by atoms with E-state index in [1.54, 1.807) is 11.3 Å². The van der Waals surface area contributed by atoms with Crippen LogP contribution in [0.3, 0.4) is 0 Å². The number of hydrogen-bond donors (Lipinski definition) is 4. The van der Waals surface area contributed by atoms with Crippen LogP contribution >= 0.6 is 11.3 Å². The molecule has 13 heteroatoms. The molecular formula is C36H38N6O6S. The topological polar surface area (TPSA) is 161 Å². The number of aromatic nitrogens is 3. The van der Waals surface area contributed by atoms with Crippen LogP contribution in [0.5, 0.6) is 6.08 Å². The quantitative estimate of drug-likeness (QED) is 0.123. The summed E-state index contributed by atoms with van der Waals surface area (Å²) in [5.41, 5.74) is 4.05. The van der Waals surface area contributed by atoms with Gasteiger partial charge in [-0.3, -0.25) is 4.79 Å². The van der Waals surface area contributed by atoms with Gasteiger partial charge in [-0.05, 0) is 42.5 Å². The molecular weight excluding hydrogens is 644 g/mol. The van der Waals surface area contributed by atoms with Crippen molar-refractivity contribution in [3.05, 3.63) is 124 Å². The van der Waals surface area contributed by atoms with Gasteiger partial charge < -0.3 is 34.9 Å². The van der Waals surface area contributed by atoms with E-state index in [4.69, 9.17) is 13.9 Å². The molecule has 5 aromatic rings. The smallest absolute Gasteiger partial charge is 0.414 e. The molecule has 1 aliphatic heterocycles. The minimum Gasteiger partial charge on any atom is -0.465 e. The number of para-hydroxylation sites is 1. The van der Waals surface area contributed by atoms with Crippen molar-refractivity contribution in [2.45, 2.75) is 50.4 Å². The third-order valence-corrected chi connectivity index (χ3v) is 9.01. The summed E-state index contributed by atoms with van der Waals surface area (Å²) in [5, 5.41) is 29.7. The summed E-state index contributed by atoms with van der Waals surface area (Å²) in [6.07, 6.45) is 0.244. The predicted octanol–water partition coefficient (Wildman–Crippen LogP) is 5.20. The number of aryl methyl sites for hydroxylation is 2. The highest BCUT2D eigenvalue weighted by Gasteiger charge is 2.33. The third kappa shape index (κ3) is 9.28. The summed E-state index contributed by atoms with van der Waals surface area (Å²) in [6.45, 7) is 3.48. The van der Waals surface area contributed by atoms with Crippen LogP contribution in [0.15, 0.2) is 94.7 Å². The zero-order chi connectivity index (χ0) is 34.0. The standard InChI is InChI=1S/C36H38N6O6S/c1-23-38-27(22-49-23)18-31-41-42-36(48-31)46-21-29-20-37-19-28(47-29)17-16-24-10-8-9-15-30(24)39-34(43)33(40-35(44)45)32(25-11-4-2-5-12-25)26-13-6-3-7-14-26/h2-15,22,28-29,32-33,37,40H,16-21H2,1H3,(H,39,43)(H,44,45)/t28-,29+,33?/m1/s1. The van der Waals surface area contributed by atoms with Gasteiger partial charge in [0.25, 0.3) is 0 Å². The molecule has 2 aromatic heterocycles. The van der Waals surface area contributed by atoms with Crippen LogP contribution in [0.4, 0.5) is 10.5 Å². The predicted molar refractivity (Wildman–Crippen MR) is 184 cm³/mol. The number of carbonyl (C=O) groups is 2. The first-order chi connectivity index (χ1) is 23.9. The molecule has 0 bridgehead atoms. The number of benzene rings is 3. The number of carboxylic acid groups (broad SMARTS) is 1. The molecule has 0 saturated carbocycles. The zero-order valence-corrected chi connectivity index (χ0v) is 27.8. The first-order valence-corrected chi connectivity index (χ1v) is 17.0. The largest absolute Gasteiger partial charge is 0.465 e. The lowest BCUT2D eigenvalue weighted by Crippen LogP contribution is -2.47. The molecule has 1 fully saturated rings. The van der Waals surface area contributed by atoms with Crippen LogP contribution < -0.4 is 20.7 Å². The number of nitrogens with one attached hydrogen (secondary N) is 3. The Bertz CT molecular complexity index is 1780. The van der Waals surface area contributed by atoms with Gasteiger partial charge in [-0.25, -0.2) is 9.78 Å². The summed E-state index contributed by atoms with van der Waals surface area (Å²) in [6, 6.07) is 25.3. The average molecular weight is 683 g/mol. The van der Waals surface area contributed by atoms with E-state index in [0.717, 1.165) is 27.4 Å². The van der Waals surface area contributed by atoms with Crippen molar-refractivity contribution in [3.63, 3.8) is 0 Å². The SMILES string of the molecule is Cc1nc(Cc2nnc(OC[C@@H]3CNC[C@@H](CCc4ccccc4NC(=O)C(NC(=O)O)C(c4ccccc4)c4ccccc4)O3)o2)cs1. The number of rotatable bonds is 14. The number of amides is 2. The van der Waals surface area contributed by atoms with E-state index in [0.29, 0.717) is 43.9 Å². The monoisotopic (exact) mass is 682 g/mol. The van der Waals surface area contributed by atoms with Crippen LogP contribution in [0.2, 0.25) is 0 Å². The molecule has 3 aromatic carbocycles. The van der Waals surface area contributed by atoms with E-state index in [9.17, 15) is 14.7 Å². The first kappa shape index (κ1) is 33.8. The molecule has 254 valence electrons. The van der Waals surface area contributed by atoms with Gasteiger partial charge in [0, 0.05) is 30.1 Å². The molecule has 3 heterocycles. The number of thiazole rings is 1. The minimum absolute atomic E-state index is 0.0924. The Morgan fingerprint density at radius 1 is 0.980 bits per heavy atom. The number of nitrogens with zero attached hydrogens (tertiary/aromatic N) is 3. The summed E-state index contributed by atoms with van der Waals surface area (Å²) in [5.74, 6) is -0.564. The maximum atomic E-state index is 13.9. The highest BCUT2D eigenvalue weighted by molar-refractivity contribution is 7.09. The van der Waals surface area contributed by atoms with E-state index in [1.807, 2.05) is 97.2 Å². The van der Waals surface area contributed by atoms with Gasteiger partial charge in [-0.15, -0.1) is 16.4 Å². The Hall–Kier alpha value is -5.11. The molecule has 0 radical (unpaired) electrons. The second-order valence-electron chi connectivity index (χ2n) is 11.8. The minimum atomic E-state index is -1.28. The molecule has 0 aliphatic carbocycles. The van der Waals surface area contributed by atoms with Gasteiger partial charge in [-0.1, -0.05) is 84.0 Å². The highest BCUT2D eigenvalue weighted by Crippen LogP contribution is 2.30. The third-order valence-electron chi connectivity index (χ3n) is 8.19. The van der Waals surface area contributed by atoms with Gasteiger partial charge in [0.2, 0.25) is 11.8 Å². The lowest BCUT2D eigenvalue weighted by molar-refractivity contribution is -0.118. The number of hydrogen-bond acceptors (Lipinski definition) is 10. The maximum Gasteiger partial charge on any atom is 0.414 e. The van der Waals surface area contributed by atoms with Crippen LogP contribution in [-0.2, 0) is 22.4 Å². The van der Waals surface area contributed by atoms with Crippen LogP contribution in [-0.4, -0.2) is 70.2 Å². The van der Waals surface area contributed by atoms with Gasteiger partial charge >= 0.3 is 12.2 Å². The normalized spacial score (nSPS) is 16.6. The molecule has 4 N–H and O–H groups in total. The van der Waals surface area contributed by atoms with Crippen molar-refractivity contribution in [2.75, 3.05) is 25.0 Å². The average Bonchev–Trinajstić information content (AvgIpc) is 3.75. The maximum absolute atomic E-state index is 13.9. The molecule has 6 rings (SSSR count).